The molecule has 4 nitrogen and oxygen atoms in total. The first-order valence-electron chi connectivity index (χ1n) is 8.08. The number of ether oxygens (including phenoxy) is 1. The number of carbonyl (C=O) groups is 1. The maximum absolute atomic E-state index is 12.7. The first-order chi connectivity index (χ1) is 9.40. The average Bonchev–Trinajstić information content (AvgIpc) is 2.87. The van der Waals surface area contributed by atoms with E-state index >= 15 is 0 Å². The average molecular weight is 282 g/mol. The zero-order valence-electron chi connectivity index (χ0n) is 13.6. The van der Waals surface area contributed by atoms with Crippen molar-refractivity contribution in [1.82, 2.24) is 10.2 Å². The highest BCUT2D eigenvalue weighted by atomic mass is 16.5. The van der Waals surface area contributed by atoms with E-state index < -0.39 is 0 Å². The van der Waals surface area contributed by atoms with Crippen molar-refractivity contribution in [3.05, 3.63) is 0 Å². The van der Waals surface area contributed by atoms with Crippen molar-refractivity contribution in [3.63, 3.8) is 0 Å². The highest BCUT2D eigenvalue weighted by Gasteiger charge is 2.42. The van der Waals surface area contributed by atoms with Gasteiger partial charge in [-0.1, -0.05) is 27.7 Å². The normalized spacial score (nSPS) is 34.8. The minimum Gasteiger partial charge on any atom is -0.378 e. The summed E-state index contributed by atoms with van der Waals surface area (Å²) in [5, 5.41) is 3.55. The van der Waals surface area contributed by atoms with Crippen LogP contribution in [0.2, 0.25) is 0 Å². The molecule has 2 rings (SSSR count). The molecule has 2 heterocycles. The van der Waals surface area contributed by atoms with Crippen molar-refractivity contribution < 1.29 is 9.53 Å². The van der Waals surface area contributed by atoms with Crippen LogP contribution in [0.3, 0.4) is 0 Å². The number of hydrogen-bond acceptors (Lipinski definition) is 3. The molecule has 0 aromatic carbocycles. The zero-order chi connectivity index (χ0) is 14.9. The Balaban J connectivity index is 2.06. The van der Waals surface area contributed by atoms with Crippen LogP contribution in [0.25, 0.3) is 0 Å². The molecule has 20 heavy (non-hydrogen) atoms. The molecule has 4 unspecified atom stereocenters. The van der Waals surface area contributed by atoms with Gasteiger partial charge < -0.3 is 9.64 Å². The second-order valence-electron chi connectivity index (χ2n) is 7.15. The van der Waals surface area contributed by atoms with Gasteiger partial charge in [0.15, 0.2) is 0 Å². The van der Waals surface area contributed by atoms with E-state index in [2.05, 4.69) is 44.8 Å². The molecule has 4 atom stereocenters. The van der Waals surface area contributed by atoms with Gasteiger partial charge in [-0.05, 0) is 31.6 Å². The third-order valence-corrected chi connectivity index (χ3v) is 4.62. The molecule has 1 N–H and O–H groups in total. The second-order valence-corrected chi connectivity index (χ2v) is 7.15. The van der Waals surface area contributed by atoms with Gasteiger partial charge in [-0.25, -0.2) is 0 Å². The van der Waals surface area contributed by atoms with Gasteiger partial charge in [0.1, 0.15) is 0 Å². The molecule has 2 aliphatic heterocycles. The summed E-state index contributed by atoms with van der Waals surface area (Å²) in [4.78, 5) is 14.7. The first kappa shape index (κ1) is 15.8. The predicted octanol–water partition coefficient (Wildman–Crippen LogP) is 2.24. The fourth-order valence-electron chi connectivity index (χ4n) is 3.31. The van der Waals surface area contributed by atoms with Crippen molar-refractivity contribution in [2.24, 2.45) is 17.8 Å². The second kappa shape index (κ2) is 6.44. The van der Waals surface area contributed by atoms with Gasteiger partial charge in [-0.15, -0.1) is 0 Å². The van der Waals surface area contributed by atoms with E-state index in [1.165, 1.54) is 0 Å². The van der Waals surface area contributed by atoms with Gasteiger partial charge in [0, 0.05) is 19.1 Å². The lowest BCUT2D eigenvalue weighted by Crippen LogP contribution is -2.42. The Kier molecular flexibility index (Phi) is 5.08. The Bertz CT molecular complexity index is 343. The van der Waals surface area contributed by atoms with Crippen LogP contribution in [0.1, 0.15) is 47.5 Å². The molecule has 0 radical (unpaired) electrons. The third-order valence-electron chi connectivity index (χ3n) is 4.62. The number of nitrogens with zero attached hydrogens (tertiary/aromatic N) is 1. The van der Waals surface area contributed by atoms with Gasteiger partial charge in [-0.2, -0.15) is 0 Å². The van der Waals surface area contributed by atoms with Gasteiger partial charge in [0.2, 0.25) is 5.91 Å². The smallest absolute Gasteiger partial charge is 0.241 e. The van der Waals surface area contributed by atoms with Crippen LogP contribution in [0.15, 0.2) is 0 Å². The standard InChI is InChI=1S/C16H30N2O2/c1-10(2)8-14-17-15(11(3)4)16(19)18(14)9-13-6-7-20-12(13)5/h10-15,17H,6-9H2,1-5H3. The Morgan fingerprint density at radius 3 is 2.55 bits per heavy atom. The summed E-state index contributed by atoms with van der Waals surface area (Å²) in [6.07, 6.45) is 2.58. The molecule has 1 amide bonds. The van der Waals surface area contributed by atoms with Crippen LogP contribution < -0.4 is 5.32 Å². The highest BCUT2D eigenvalue weighted by molar-refractivity contribution is 5.84. The van der Waals surface area contributed by atoms with Crippen molar-refractivity contribution in [2.45, 2.75) is 65.8 Å². The van der Waals surface area contributed by atoms with Crippen LogP contribution >= 0.6 is 0 Å². The molecule has 0 aliphatic carbocycles. The van der Waals surface area contributed by atoms with Crippen LogP contribution in [-0.4, -0.2) is 42.3 Å². The van der Waals surface area contributed by atoms with Crippen LogP contribution in [0.4, 0.5) is 0 Å². The van der Waals surface area contributed by atoms with Crippen LogP contribution in [0.5, 0.6) is 0 Å². The molecular formula is C16H30N2O2. The van der Waals surface area contributed by atoms with Gasteiger partial charge in [0.05, 0.1) is 18.3 Å². The number of amides is 1. The first-order valence-corrected chi connectivity index (χ1v) is 8.08. The summed E-state index contributed by atoms with van der Waals surface area (Å²) < 4.78 is 5.64. The van der Waals surface area contributed by atoms with Crippen LogP contribution in [0, 0.1) is 17.8 Å². The Morgan fingerprint density at radius 1 is 1.35 bits per heavy atom. The summed E-state index contributed by atoms with van der Waals surface area (Å²) in [7, 11) is 0. The summed E-state index contributed by atoms with van der Waals surface area (Å²) >= 11 is 0. The molecule has 2 aliphatic rings. The largest absolute Gasteiger partial charge is 0.378 e. The van der Waals surface area contributed by atoms with E-state index in [9.17, 15) is 4.79 Å². The lowest BCUT2D eigenvalue weighted by atomic mass is 10.0. The maximum Gasteiger partial charge on any atom is 0.241 e. The summed E-state index contributed by atoms with van der Waals surface area (Å²) in [6.45, 7) is 12.5. The molecule has 2 fully saturated rings. The van der Waals surface area contributed by atoms with E-state index in [0.717, 1.165) is 26.0 Å². The molecule has 4 heteroatoms. The number of nitrogens with one attached hydrogen (secondary N) is 1. The van der Waals surface area contributed by atoms with E-state index in [4.69, 9.17) is 4.74 Å². The minimum atomic E-state index is -0.0172. The number of carbonyl (C=O) groups excluding carboxylic acids is 1. The van der Waals surface area contributed by atoms with Crippen LogP contribution in [-0.2, 0) is 9.53 Å². The third kappa shape index (κ3) is 3.34. The molecule has 0 aromatic rings. The van der Waals surface area contributed by atoms with Crippen molar-refractivity contribution in [1.29, 1.82) is 0 Å². The fourth-order valence-corrected chi connectivity index (χ4v) is 3.31. The van der Waals surface area contributed by atoms with Crippen molar-refractivity contribution in [3.8, 4) is 0 Å². The van der Waals surface area contributed by atoms with Gasteiger partial charge >= 0.3 is 0 Å². The topological polar surface area (TPSA) is 41.6 Å². The highest BCUT2D eigenvalue weighted by Crippen LogP contribution is 2.27. The molecular weight excluding hydrogens is 252 g/mol. The summed E-state index contributed by atoms with van der Waals surface area (Å²) in [5.74, 6) is 1.71. The van der Waals surface area contributed by atoms with E-state index in [1.807, 2.05) is 0 Å². The lowest BCUT2D eigenvalue weighted by molar-refractivity contribution is -0.131. The lowest BCUT2D eigenvalue weighted by Gasteiger charge is -2.29. The number of rotatable bonds is 5. The van der Waals surface area contributed by atoms with Gasteiger partial charge in [0.25, 0.3) is 0 Å². The Hall–Kier alpha value is -0.610. The van der Waals surface area contributed by atoms with E-state index in [0.29, 0.717) is 17.8 Å². The van der Waals surface area contributed by atoms with Gasteiger partial charge in [-0.3, -0.25) is 10.1 Å². The number of hydrogen-bond donors (Lipinski definition) is 1. The quantitative estimate of drug-likeness (QED) is 0.841. The predicted molar refractivity (Wildman–Crippen MR) is 80.2 cm³/mol. The monoisotopic (exact) mass is 282 g/mol. The Labute approximate surface area is 123 Å². The fraction of sp³-hybridized carbons (Fsp3) is 0.938. The Morgan fingerprint density at radius 2 is 2.05 bits per heavy atom. The molecule has 0 aromatic heterocycles. The van der Waals surface area contributed by atoms with Crippen molar-refractivity contribution in [2.75, 3.05) is 13.2 Å². The minimum absolute atomic E-state index is 0.0172. The molecule has 0 spiro atoms. The van der Waals surface area contributed by atoms with E-state index in [1.54, 1.807) is 0 Å². The maximum atomic E-state index is 12.7. The summed E-state index contributed by atoms with van der Waals surface area (Å²) in [6, 6.07) is -0.0172. The zero-order valence-corrected chi connectivity index (χ0v) is 13.6. The molecule has 2 saturated heterocycles. The SMILES string of the molecule is CC(C)CC1NC(C(C)C)C(=O)N1CC1CCOC1C. The molecule has 0 saturated carbocycles. The molecule has 116 valence electrons. The summed E-state index contributed by atoms with van der Waals surface area (Å²) in [5.41, 5.74) is 0. The van der Waals surface area contributed by atoms with Crippen molar-refractivity contribution >= 4 is 5.91 Å². The van der Waals surface area contributed by atoms with E-state index in [-0.39, 0.29) is 24.2 Å². The molecule has 0 bridgehead atoms.